The van der Waals surface area contributed by atoms with Crippen LogP contribution in [0.25, 0.3) is 0 Å². The van der Waals surface area contributed by atoms with Gasteiger partial charge in [0.15, 0.2) is 10.9 Å². The van der Waals surface area contributed by atoms with Crippen molar-refractivity contribution in [1.29, 1.82) is 0 Å². The van der Waals surface area contributed by atoms with Crippen molar-refractivity contribution in [1.82, 2.24) is 23.8 Å². The van der Waals surface area contributed by atoms with Gasteiger partial charge in [0, 0.05) is 37.7 Å². The fourth-order valence-corrected chi connectivity index (χ4v) is 3.94. The molecule has 0 aliphatic carbocycles. The van der Waals surface area contributed by atoms with Gasteiger partial charge in [0.1, 0.15) is 6.10 Å². The number of sulfonamides is 1. The molecule has 1 atom stereocenters. The molecular formula is C14H19N5O3S. The van der Waals surface area contributed by atoms with Crippen molar-refractivity contribution >= 4 is 10.0 Å². The van der Waals surface area contributed by atoms with Gasteiger partial charge in [0.2, 0.25) is 0 Å². The zero-order chi connectivity index (χ0) is 16.6. The third kappa shape index (κ3) is 3.26. The summed E-state index contributed by atoms with van der Waals surface area (Å²) in [5.41, 5.74) is 1.67. The molecule has 124 valence electrons. The van der Waals surface area contributed by atoms with Gasteiger partial charge in [-0.05, 0) is 19.9 Å². The molecule has 1 unspecified atom stereocenters. The molecule has 0 bridgehead atoms. The van der Waals surface area contributed by atoms with Gasteiger partial charge in [-0.2, -0.15) is 4.31 Å². The van der Waals surface area contributed by atoms with Crippen molar-refractivity contribution in [2.45, 2.75) is 25.0 Å². The van der Waals surface area contributed by atoms with Crippen molar-refractivity contribution in [3.63, 3.8) is 0 Å². The Morgan fingerprint density at radius 3 is 2.57 bits per heavy atom. The minimum absolute atomic E-state index is 0.0435. The van der Waals surface area contributed by atoms with E-state index < -0.39 is 16.1 Å². The largest absolute Gasteiger partial charge is 0.367 e. The molecule has 3 heterocycles. The summed E-state index contributed by atoms with van der Waals surface area (Å²) in [5, 5.41) is 0.0435. The number of nitrogens with zero attached hydrogens (tertiary/aromatic N) is 5. The number of aryl methyl sites for hydroxylation is 3. The van der Waals surface area contributed by atoms with E-state index in [1.165, 1.54) is 16.8 Å². The predicted octanol–water partition coefficient (Wildman–Crippen LogP) is 0.589. The van der Waals surface area contributed by atoms with E-state index in [0.717, 1.165) is 11.4 Å². The topological polar surface area (TPSA) is 90.2 Å². The number of hydrogen-bond donors (Lipinski definition) is 0. The first-order valence-corrected chi connectivity index (χ1v) is 8.72. The molecule has 0 aromatic carbocycles. The lowest BCUT2D eigenvalue weighted by molar-refractivity contribution is -0.00775. The van der Waals surface area contributed by atoms with Gasteiger partial charge in [0.05, 0.1) is 12.9 Å². The third-order valence-electron chi connectivity index (χ3n) is 3.60. The summed E-state index contributed by atoms with van der Waals surface area (Å²) < 4.78 is 34.0. The molecule has 0 amide bonds. The summed E-state index contributed by atoms with van der Waals surface area (Å²) in [7, 11) is -1.90. The standard InChI is InChI=1S/C14H19N5O3S/c1-10-6-11(2)17-14(16-10)12-7-19(4-5-22-12)23(20,21)13-8-18(3)9-15-13/h6,8-9,12H,4-5,7H2,1-3H3. The Hall–Kier alpha value is -1.84. The molecule has 0 N–H and O–H groups in total. The molecule has 1 aliphatic rings. The monoisotopic (exact) mass is 337 g/mol. The Morgan fingerprint density at radius 1 is 1.26 bits per heavy atom. The van der Waals surface area contributed by atoms with Crippen LogP contribution in [-0.2, 0) is 21.8 Å². The lowest BCUT2D eigenvalue weighted by atomic mass is 10.2. The summed E-state index contributed by atoms with van der Waals surface area (Å²) in [6.07, 6.45) is 2.49. The van der Waals surface area contributed by atoms with Crippen LogP contribution < -0.4 is 0 Å². The highest BCUT2D eigenvalue weighted by Gasteiger charge is 2.34. The molecule has 2 aromatic heterocycles. The van der Waals surface area contributed by atoms with Gasteiger partial charge in [-0.15, -0.1) is 0 Å². The molecular weight excluding hydrogens is 318 g/mol. The highest BCUT2D eigenvalue weighted by molar-refractivity contribution is 7.89. The van der Waals surface area contributed by atoms with Crippen LogP contribution >= 0.6 is 0 Å². The van der Waals surface area contributed by atoms with Crippen LogP contribution in [0.1, 0.15) is 23.3 Å². The summed E-state index contributed by atoms with van der Waals surface area (Å²) in [5.74, 6) is 0.517. The molecule has 1 saturated heterocycles. The van der Waals surface area contributed by atoms with E-state index in [2.05, 4.69) is 15.0 Å². The van der Waals surface area contributed by atoms with E-state index in [4.69, 9.17) is 4.74 Å². The molecule has 0 spiro atoms. The van der Waals surface area contributed by atoms with Crippen LogP contribution in [0.15, 0.2) is 23.6 Å². The Morgan fingerprint density at radius 2 is 1.96 bits per heavy atom. The molecule has 1 fully saturated rings. The average Bonchev–Trinajstić information content (AvgIpc) is 2.94. The number of hydrogen-bond acceptors (Lipinski definition) is 6. The Bertz CT molecular complexity index is 797. The third-order valence-corrected chi connectivity index (χ3v) is 5.35. The van der Waals surface area contributed by atoms with Crippen molar-refractivity contribution < 1.29 is 13.2 Å². The molecule has 2 aromatic rings. The van der Waals surface area contributed by atoms with Crippen LogP contribution in [0.3, 0.4) is 0 Å². The molecule has 1 aliphatic heterocycles. The number of aromatic nitrogens is 4. The molecule has 0 saturated carbocycles. The van der Waals surface area contributed by atoms with Gasteiger partial charge < -0.3 is 9.30 Å². The Kier molecular flexibility index (Phi) is 4.17. The predicted molar refractivity (Wildman–Crippen MR) is 82.2 cm³/mol. The molecule has 23 heavy (non-hydrogen) atoms. The first-order chi connectivity index (χ1) is 10.9. The second-order valence-corrected chi connectivity index (χ2v) is 7.49. The van der Waals surface area contributed by atoms with E-state index in [9.17, 15) is 8.42 Å². The van der Waals surface area contributed by atoms with Crippen molar-refractivity contribution in [2.24, 2.45) is 7.05 Å². The highest BCUT2D eigenvalue weighted by Crippen LogP contribution is 2.24. The number of ether oxygens (including phenoxy) is 1. The number of imidazole rings is 1. The molecule has 3 rings (SSSR count). The number of rotatable bonds is 3. The van der Waals surface area contributed by atoms with Crippen LogP contribution in [0.4, 0.5) is 0 Å². The van der Waals surface area contributed by atoms with Gasteiger partial charge in [-0.1, -0.05) is 0 Å². The number of morpholine rings is 1. The SMILES string of the molecule is Cc1cc(C)nc(C2CN(S(=O)(=O)c3cn(C)cn3)CCO2)n1. The zero-order valence-electron chi connectivity index (χ0n) is 13.3. The van der Waals surface area contributed by atoms with Crippen molar-refractivity contribution in [3.8, 4) is 0 Å². The Labute approximate surface area is 135 Å². The summed E-state index contributed by atoms with van der Waals surface area (Å²) >= 11 is 0. The summed E-state index contributed by atoms with van der Waals surface area (Å²) in [4.78, 5) is 12.7. The maximum atomic E-state index is 12.7. The van der Waals surface area contributed by atoms with Crippen LogP contribution in [0.5, 0.6) is 0 Å². The lowest BCUT2D eigenvalue weighted by Gasteiger charge is -2.30. The van der Waals surface area contributed by atoms with Crippen LogP contribution in [0.2, 0.25) is 0 Å². The minimum atomic E-state index is -3.64. The van der Waals surface area contributed by atoms with E-state index >= 15 is 0 Å². The maximum absolute atomic E-state index is 12.7. The smallest absolute Gasteiger partial charge is 0.262 e. The summed E-state index contributed by atoms with van der Waals surface area (Å²) in [6.45, 7) is 4.53. The van der Waals surface area contributed by atoms with Gasteiger partial charge in [0.25, 0.3) is 10.0 Å². The maximum Gasteiger partial charge on any atom is 0.262 e. The van der Waals surface area contributed by atoms with Gasteiger partial charge in [-0.3, -0.25) is 0 Å². The summed E-state index contributed by atoms with van der Waals surface area (Å²) in [6, 6.07) is 1.87. The first-order valence-electron chi connectivity index (χ1n) is 7.28. The van der Waals surface area contributed by atoms with Crippen molar-refractivity contribution in [2.75, 3.05) is 19.7 Å². The highest BCUT2D eigenvalue weighted by atomic mass is 32.2. The fourth-order valence-electron chi connectivity index (χ4n) is 2.55. The minimum Gasteiger partial charge on any atom is -0.367 e. The second-order valence-electron chi connectivity index (χ2n) is 5.61. The van der Waals surface area contributed by atoms with Crippen LogP contribution in [0, 0.1) is 13.8 Å². The molecule has 0 radical (unpaired) electrons. The Balaban J connectivity index is 1.86. The van der Waals surface area contributed by atoms with Crippen LogP contribution in [-0.4, -0.2) is 51.9 Å². The molecule has 9 heteroatoms. The van der Waals surface area contributed by atoms with Gasteiger partial charge >= 0.3 is 0 Å². The average molecular weight is 337 g/mol. The first kappa shape index (κ1) is 16.0. The zero-order valence-corrected chi connectivity index (χ0v) is 14.1. The van der Waals surface area contributed by atoms with E-state index in [1.54, 1.807) is 11.6 Å². The van der Waals surface area contributed by atoms with Crippen molar-refractivity contribution in [3.05, 3.63) is 35.8 Å². The van der Waals surface area contributed by atoms with Gasteiger partial charge in [-0.25, -0.2) is 23.4 Å². The second kappa shape index (κ2) is 5.99. The van der Waals surface area contributed by atoms with E-state index in [0.29, 0.717) is 19.0 Å². The normalized spacial score (nSPS) is 19.9. The van der Waals surface area contributed by atoms with E-state index in [-0.39, 0.29) is 11.6 Å². The fraction of sp³-hybridized carbons (Fsp3) is 0.500. The van der Waals surface area contributed by atoms with E-state index in [1.807, 2.05) is 19.9 Å². The lowest BCUT2D eigenvalue weighted by Crippen LogP contribution is -2.42. The quantitative estimate of drug-likeness (QED) is 0.814. The molecule has 8 nitrogen and oxygen atoms in total.